The van der Waals surface area contributed by atoms with E-state index in [4.69, 9.17) is 0 Å². The third-order valence-electron chi connectivity index (χ3n) is 8.15. The first-order valence-electron chi connectivity index (χ1n) is 11.7. The van der Waals surface area contributed by atoms with Crippen LogP contribution in [0.3, 0.4) is 0 Å². The number of nitrogens with one attached hydrogen (secondary N) is 3. The van der Waals surface area contributed by atoms with Gasteiger partial charge in [-0.1, -0.05) is 6.42 Å². The van der Waals surface area contributed by atoms with Crippen molar-refractivity contribution in [3.8, 4) is 0 Å². The van der Waals surface area contributed by atoms with E-state index >= 15 is 0 Å². The maximum absolute atomic E-state index is 13.5. The molecule has 0 aromatic rings. The first-order chi connectivity index (χ1) is 14.7. The molecule has 5 fully saturated rings. The van der Waals surface area contributed by atoms with Gasteiger partial charge in [0.05, 0.1) is 17.6 Å². The fourth-order valence-electron chi connectivity index (χ4n) is 6.20. The van der Waals surface area contributed by atoms with Crippen LogP contribution in [-0.4, -0.2) is 76.2 Å². The lowest BCUT2D eigenvalue weighted by atomic mass is 9.75. The first kappa shape index (κ1) is 22.3. The lowest BCUT2D eigenvalue weighted by molar-refractivity contribution is -0.196. The van der Waals surface area contributed by atoms with Crippen LogP contribution in [0.25, 0.3) is 0 Å². The second-order valence-electron chi connectivity index (χ2n) is 10.2. The minimum Gasteiger partial charge on any atom is -0.389 e. The number of fused-ring (bicyclic) bond motifs is 2. The number of carbonyl (C=O) groups is 1. The van der Waals surface area contributed by atoms with Gasteiger partial charge in [-0.15, -0.1) is 11.8 Å². The number of nitrogens with zero attached hydrogens (tertiary/aromatic N) is 1. The van der Waals surface area contributed by atoms with Crippen molar-refractivity contribution < 1.29 is 23.1 Å². The normalized spacial score (nSPS) is 42.1. The number of hydrogen-bond acceptors (Lipinski definition) is 6. The minimum absolute atomic E-state index is 0.0328. The smallest absolute Gasteiger partial charge is 0.389 e. The Morgan fingerprint density at radius 1 is 1.16 bits per heavy atom. The second kappa shape index (κ2) is 8.34. The summed E-state index contributed by atoms with van der Waals surface area (Å²) in [6.07, 6.45) is 1.21. The number of amides is 1. The molecule has 2 aliphatic carbocycles. The molecule has 0 radical (unpaired) electrons. The molecule has 0 bridgehead atoms. The lowest BCUT2D eigenvalue weighted by Crippen LogP contribution is -2.54. The minimum atomic E-state index is -4.18. The topological polar surface area (TPSA) is 76.6 Å². The largest absolute Gasteiger partial charge is 0.392 e. The van der Waals surface area contributed by atoms with Gasteiger partial charge < -0.3 is 15.3 Å². The molecule has 1 amide bonds. The molecule has 3 saturated heterocycles. The van der Waals surface area contributed by atoms with Gasteiger partial charge >= 0.3 is 6.18 Å². The molecule has 7 unspecified atom stereocenters. The van der Waals surface area contributed by atoms with Crippen LogP contribution in [0.5, 0.6) is 0 Å². The maximum Gasteiger partial charge on any atom is 0.392 e. The monoisotopic (exact) mass is 462 g/mol. The maximum atomic E-state index is 13.5. The van der Waals surface area contributed by atoms with E-state index in [0.29, 0.717) is 38.5 Å². The summed E-state index contributed by atoms with van der Waals surface area (Å²) in [6.45, 7) is 1.84. The molecular formula is C21H33F3N4O2S. The van der Waals surface area contributed by atoms with Crippen molar-refractivity contribution in [1.82, 2.24) is 20.9 Å². The summed E-state index contributed by atoms with van der Waals surface area (Å²) in [5.74, 6) is -1.79. The molecule has 4 N–H and O–H groups in total. The van der Waals surface area contributed by atoms with Crippen molar-refractivity contribution in [2.24, 2.45) is 11.8 Å². The van der Waals surface area contributed by atoms with Crippen molar-refractivity contribution >= 4 is 17.7 Å². The third-order valence-corrected chi connectivity index (χ3v) is 9.56. The van der Waals surface area contributed by atoms with Crippen LogP contribution in [0.1, 0.15) is 51.4 Å². The van der Waals surface area contributed by atoms with E-state index in [-0.39, 0.29) is 29.1 Å². The summed E-state index contributed by atoms with van der Waals surface area (Å²) < 4.78 is 40.4. The number of thioether (sulfide) groups is 1. The lowest BCUT2D eigenvalue weighted by Gasteiger charge is -2.37. The number of halogens is 3. The van der Waals surface area contributed by atoms with E-state index in [9.17, 15) is 23.1 Å². The Morgan fingerprint density at radius 2 is 1.97 bits per heavy atom. The zero-order valence-corrected chi connectivity index (χ0v) is 18.5. The Hall–Kier alpha value is -0.550. The van der Waals surface area contributed by atoms with Gasteiger partial charge in [-0.05, 0) is 50.9 Å². The summed E-state index contributed by atoms with van der Waals surface area (Å²) in [4.78, 5) is 15.0. The van der Waals surface area contributed by atoms with E-state index in [0.717, 1.165) is 32.1 Å². The van der Waals surface area contributed by atoms with E-state index in [2.05, 4.69) is 16.0 Å². The highest BCUT2D eigenvalue weighted by atomic mass is 32.2. The van der Waals surface area contributed by atoms with Gasteiger partial charge in [-0.25, -0.2) is 0 Å². The van der Waals surface area contributed by atoms with Crippen LogP contribution < -0.4 is 16.0 Å². The van der Waals surface area contributed by atoms with Crippen LogP contribution in [0.4, 0.5) is 13.2 Å². The van der Waals surface area contributed by atoms with Gasteiger partial charge in [0.15, 0.2) is 0 Å². The van der Waals surface area contributed by atoms with E-state index in [1.807, 2.05) is 4.90 Å². The average Bonchev–Trinajstić information content (AvgIpc) is 3.32. The van der Waals surface area contributed by atoms with Gasteiger partial charge in [0, 0.05) is 37.0 Å². The Bertz CT molecular complexity index is 692. The standard InChI is InChI=1S/C21H33F3N4O2S/c22-21(23,24)13-3-1-4-14-12(13)9-16(26-14)18(29)28-8-5-15-17(10-28)31-19(27-15)25-11-20(30)6-2-7-20/h12-17,19,25-27,30H,1-11H2. The molecule has 7 atom stereocenters. The molecule has 31 heavy (non-hydrogen) atoms. The first-order valence-corrected chi connectivity index (χ1v) is 12.6. The summed E-state index contributed by atoms with van der Waals surface area (Å²) in [5, 5.41) is 20.8. The highest BCUT2D eigenvalue weighted by molar-refractivity contribution is 8.00. The number of hydrogen-bond donors (Lipinski definition) is 4. The number of piperidine rings is 1. The molecule has 0 spiro atoms. The Morgan fingerprint density at radius 3 is 2.68 bits per heavy atom. The van der Waals surface area contributed by atoms with Crippen molar-refractivity contribution in [3.63, 3.8) is 0 Å². The second-order valence-corrected chi connectivity index (χ2v) is 11.5. The number of carbonyl (C=O) groups excluding carboxylic acids is 1. The van der Waals surface area contributed by atoms with E-state index < -0.39 is 29.7 Å². The highest BCUT2D eigenvalue weighted by Crippen LogP contribution is 2.46. The average molecular weight is 463 g/mol. The predicted molar refractivity (Wildman–Crippen MR) is 112 cm³/mol. The molecule has 5 aliphatic rings. The molecule has 0 aromatic heterocycles. The SMILES string of the molecule is O=C(C1CC2C(CCCC2C(F)(F)F)N1)N1CCC2NC(NCC3(O)CCC3)SC2C1. The fraction of sp³-hybridized carbons (Fsp3) is 0.952. The van der Waals surface area contributed by atoms with Gasteiger partial charge in [0.2, 0.25) is 5.91 Å². The zero-order valence-electron chi connectivity index (χ0n) is 17.7. The van der Waals surface area contributed by atoms with Gasteiger partial charge in [-0.3, -0.25) is 15.4 Å². The van der Waals surface area contributed by atoms with Crippen LogP contribution in [0.2, 0.25) is 0 Å². The molecule has 10 heteroatoms. The van der Waals surface area contributed by atoms with Crippen molar-refractivity contribution in [3.05, 3.63) is 0 Å². The van der Waals surface area contributed by atoms with Gasteiger partial charge in [-0.2, -0.15) is 13.2 Å². The molecule has 0 aromatic carbocycles. The van der Waals surface area contributed by atoms with Gasteiger partial charge in [0.25, 0.3) is 0 Å². The van der Waals surface area contributed by atoms with Crippen LogP contribution in [0.15, 0.2) is 0 Å². The molecule has 6 nitrogen and oxygen atoms in total. The molecule has 2 saturated carbocycles. The van der Waals surface area contributed by atoms with E-state index in [1.54, 1.807) is 11.8 Å². The van der Waals surface area contributed by atoms with Crippen LogP contribution >= 0.6 is 11.8 Å². The number of aliphatic hydroxyl groups is 1. The molecular weight excluding hydrogens is 429 g/mol. The number of likely N-dealkylation sites (tertiary alicyclic amines) is 1. The fourth-order valence-corrected chi connectivity index (χ4v) is 7.66. The Labute approximate surface area is 185 Å². The predicted octanol–water partition coefficient (Wildman–Crippen LogP) is 1.79. The number of rotatable bonds is 4. The zero-order chi connectivity index (χ0) is 21.8. The van der Waals surface area contributed by atoms with Gasteiger partial charge in [0.1, 0.15) is 5.50 Å². The van der Waals surface area contributed by atoms with Crippen molar-refractivity contribution in [2.75, 3.05) is 19.6 Å². The molecule has 176 valence electrons. The summed E-state index contributed by atoms with van der Waals surface area (Å²) >= 11 is 1.76. The Kier molecular flexibility index (Phi) is 5.99. The summed E-state index contributed by atoms with van der Waals surface area (Å²) in [6, 6.07) is -0.368. The number of alkyl halides is 3. The molecule has 3 aliphatic heterocycles. The quantitative estimate of drug-likeness (QED) is 0.511. The van der Waals surface area contributed by atoms with Crippen LogP contribution in [-0.2, 0) is 4.79 Å². The summed E-state index contributed by atoms with van der Waals surface area (Å²) in [5.41, 5.74) is -0.508. The highest BCUT2D eigenvalue weighted by Gasteiger charge is 2.53. The van der Waals surface area contributed by atoms with Crippen molar-refractivity contribution in [1.29, 1.82) is 0 Å². The molecule has 3 heterocycles. The Balaban J connectivity index is 1.15. The third kappa shape index (κ3) is 4.47. The van der Waals surface area contributed by atoms with Crippen LogP contribution in [0, 0.1) is 11.8 Å². The summed E-state index contributed by atoms with van der Waals surface area (Å²) in [7, 11) is 0. The van der Waals surface area contributed by atoms with E-state index in [1.165, 1.54) is 0 Å². The molecule has 5 rings (SSSR count). The van der Waals surface area contributed by atoms with Crippen molar-refractivity contribution in [2.45, 2.75) is 92.0 Å².